The molecule has 0 aliphatic heterocycles. The maximum Gasteiger partial charge on any atom is 0.508 e. The van der Waals surface area contributed by atoms with Crippen molar-refractivity contribution in [3.8, 4) is 11.8 Å². The molecular formula is C25H24N2O5S2. The zero-order valence-corrected chi connectivity index (χ0v) is 20.4. The highest BCUT2D eigenvalue weighted by Gasteiger charge is 2.28. The summed E-state index contributed by atoms with van der Waals surface area (Å²) in [5.74, 6) is 0.865. The Balaban J connectivity index is 1.33. The second-order valence-corrected chi connectivity index (χ2v) is 10.1. The molecule has 1 atom stereocenters. The maximum atomic E-state index is 12.7. The van der Waals surface area contributed by atoms with E-state index in [0.29, 0.717) is 37.7 Å². The molecule has 0 fully saturated rings. The van der Waals surface area contributed by atoms with Crippen molar-refractivity contribution in [3.63, 3.8) is 0 Å². The van der Waals surface area contributed by atoms with Gasteiger partial charge in [-0.25, -0.2) is 4.79 Å². The van der Waals surface area contributed by atoms with Crippen LogP contribution < -0.4 is 4.74 Å². The Kier molecular flexibility index (Phi) is 7.93. The number of carbonyl (C=O) groups is 2. The number of rotatable bonds is 9. The van der Waals surface area contributed by atoms with Crippen LogP contribution in [0.2, 0.25) is 0 Å². The number of fused-ring (bicyclic) bond motifs is 1. The highest BCUT2D eigenvalue weighted by atomic mass is 32.1. The van der Waals surface area contributed by atoms with Crippen molar-refractivity contribution in [2.45, 2.75) is 51.2 Å². The van der Waals surface area contributed by atoms with Gasteiger partial charge in [-0.3, -0.25) is 9.78 Å². The average molecular weight is 497 g/mol. The molecule has 0 saturated heterocycles. The van der Waals surface area contributed by atoms with Gasteiger partial charge in [0, 0.05) is 35.2 Å². The first-order valence-electron chi connectivity index (χ1n) is 10.9. The molecule has 2 aromatic heterocycles. The molecule has 0 spiro atoms. The Labute approximate surface area is 205 Å². The summed E-state index contributed by atoms with van der Waals surface area (Å²) in [6, 6.07) is 9.98. The molecule has 0 N–H and O–H groups in total. The van der Waals surface area contributed by atoms with Gasteiger partial charge in [-0.15, -0.1) is 22.7 Å². The van der Waals surface area contributed by atoms with Crippen LogP contribution in [0, 0.1) is 11.3 Å². The van der Waals surface area contributed by atoms with E-state index in [2.05, 4.69) is 11.1 Å². The fourth-order valence-electron chi connectivity index (χ4n) is 3.96. The summed E-state index contributed by atoms with van der Waals surface area (Å²) in [6.07, 6.45) is 3.71. The Morgan fingerprint density at radius 3 is 2.97 bits per heavy atom. The number of nitriles is 1. The van der Waals surface area contributed by atoms with Gasteiger partial charge in [-0.05, 0) is 42.5 Å². The Morgan fingerprint density at radius 2 is 2.21 bits per heavy atom. The molecule has 176 valence electrons. The third-order valence-electron chi connectivity index (χ3n) is 5.67. The summed E-state index contributed by atoms with van der Waals surface area (Å²) >= 11 is 2.89. The van der Waals surface area contributed by atoms with Gasteiger partial charge in [-0.2, -0.15) is 5.26 Å². The van der Waals surface area contributed by atoms with E-state index in [1.807, 2.05) is 24.3 Å². The van der Waals surface area contributed by atoms with Crippen LogP contribution in [0.25, 0.3) is 0 Å². The van der Waals surface area contributed by atoms with E-state index in [9.17, 15) is 14.9 Å². The normalized spacial score (nSPS) is 14.6. The van der Waals surface area contributed by atoms with Crippen LogP contribution in [0.5, 0.6) is 5.75 Å². The number of thiophene rings is 1. The van der Waals surface area contributed by atoms with Gasteiger partial charge in [0.2, 0.25) is 0 Å². The van der Waals surface area contributed by atoms with Crippen molar-refractivity contribution in [2.75, 3.05) is 7.11 Å². The number of carbonyl (C=O) groups excluding carboxylic acids is 2. The summed E-state index contributed by atoms with van der Waals surface area (Å²) in [5, 5.41) is 9.74. The molecule has 7 nitrogen and oxygen atoms in total. The van der Waals surface area contributed by atoms with E-state index < -0.39 is 6.16 Å². The lowest BCUT2D eigenvalue weighted by Crippen LogP contribution is -2.25. The minimum absolute atomic E-state index is 0.0948. The molecule has 1 aromatic carbocycles. The molecule has 0 amide bonds. The molecule has 4 rings (SSSR count). The lowest BCUT2D eigenvalue weighted by atomic mass is 9.92. The number of methoxy groups -OCH3 is 1. The minimum Gasteiger partial charge on any atom is -0.497 e. The first kappa shape index (κ1) is 23.9. The fraction of sp³-hybridized carbons (Fsp3) is 0.360. The van der Waals surface area contributed by atoms with Crippen molar-refractivity contribution in [1.82, 2.24) is 4.98 Å². The van der Waals surface area contributed by atoms with Gasteiger partial charge in [0.15, 0.2) is 0 Å². The third-order valence-corrected chi connectivity index (χ3v) is 7.68. The number of hydrogen-bond acceptors (Lipinski definition) is 9. The highest BCUT2D eigenvalue weighted by molar-refractivity contribution is 7.12. The first-order chi connectivity index (χ1) is 16.6. The number of aryl methyl sites for hydroxylation is 1. The van der Waals surface area contributed by atoms with Crippen LogP contribution in [-0.2, 0) is 46.6 Å². The van der Waals surface area contributed by atoms with E-state index >= 15 is 0 Å². The first-order valence-corrected chi connectivity index (χ1v) is 12.6. The van der Waals surface area contributed by atoms with Crippen molar-refractivity contribution in [3.05, 3.63) is 67.3 Å². The van der Waals surface area contributed by atoms with E-state index in [0.717, 1.165) is 31.5 Å². The number of ether oxygens (including phenoxy) is 3. The quantitative estimate of drug-likeness (QED) is 0.383. The lowest BCUT2D eigenvalue weighted by Gasteiger charge is -2.22. The summed E-state index contributed by atoms with van der Waals surface area (Å²) < 4.78 is 15.9. The van der Waals surface area contributed by atoms with Crippen molar-refractivity contribution >= 4 is 34.6 Å². The molecule has 1 aliphatic carbocycles. The molecule has 0 radical (unpaired) electrons. The second kappa shape index (κ2) is 11.3. The number of thiazole rings is 1. The predicted molar refractivity (Wildman–Crippen MR) is 128 cm³/mol. The van der Waals surface area contributed by atoms with Gasteiger partial charge < -0.3 is 14.2 Å². The van der Waals surface area contributed by atoms with Crippen LogP contribution in [0.1, 0.15) is 44.2 Å². The van der Waals surface area contributed by atoms with Gasteiger partial charge in [0.05, 0.1) is 23.1 Å². The molecule has 2 heterocycles. The minimum atomic E-state index is -0.702. The Morgan fingerprint density at radius 1 is 1.32 bits per heavy atom. The summed E-state index contributed by atoms with van der Waals surface area (Å²) in [6.45, 7) is 0.140. The smallest absolute Gasteiger partial charge is 0.497 e. The van der Waals surface area contributed by atoms with Crippen molar-refractivity contribution < 1.29 is 23.8 Å². The number of benzene rings is 1. The standard InChI is InChI=1S/C25H24N2O5S2/c1-30-18-4-2-3-16(9-18)5-6-17(28)10-23-22(12-26)21-8-7-19(11-24(21)34-23)32-25(29)31-14-20-13-27-15-33-20/h2-4,9,13,15,19H,5-8,10-11,14H2,1H3. The molecular weight excluding hydrogens is 472 g/mol. The molecule has 1 aliphatic rings. The average Bonchev–Trinajstić information content (AvgIpc) is 3.48. The molecule has 3 aromatic rings. The van der Waals surface area contributed by atoms with E-state index in [1.54, 1.807) is 18.8 Å². The number of aromatic nitrogens is 1. The predicted octanol–water partition coefficient (Wildman–Crippen LogP) is 5.04. The Hall–Kier alpha value is -3.22. The molecule has 0 bridgehead atoms. The van der Waals surface area contributed by atoms with Gasteiger partial charge >= 0.3 is 6.16 Å². The lowest BCUT2D eigenvalue weighted by molar-refractivity contribution is -0.118. The van der Waals surface area contributed by atoms with Gasteiger partial charge in [0.1, 0.15) is 30.3 Å². The monoisotopic (exact) mass is 496 g/mol. The van der Waals surface area contributed by atoms with Crippen LogP contribution >= 0.6 is 22.7 Å². The summed E-state index contributed by atoms with van der Waals surface area (Å²) in [4.78, 5) is 31.3. The summed E-state index contributed by atoms with van der Waals surface area (Å²) in [5.41, 5.74) is 4.32. The molecule has 0 saturated carbocycles. The van der Waals surface area contributed by atoms with E-state index in [1.165, 1.54) is 22.7 Å². The SMILES string of the molecule is COc1cccc(CCC(=O)Cc2sc3c(c2C#N)CCC(OC(=O)OCc2cncs2)C3)c1. The number of Topliss-reactive ketones (excluding diaryl/α,β-unsaturated/α-hetero) is 1. The third kappa shape index (κ3) is 6.01. The van der Waals surface area contributed by atoms with E-state index in [4.69, 9.17) is 14.2 Å². The summed E-state index contributed by atoms with van der Waals surface area (Å²) in [7, 11) is 1.62. The number of hydrogen-bond donors (Lipinski definition) is 0. The Bertz CT molecular complexity index is 1200. The maximum absolute atomic E-state index is 12.7. The topological polar surface area (TPSA) is 98.5 Å². The zero-order chi connectivity index (χ0) is 23.9. The van der Waals surface area contributed by atoms with Crippen LogP contribution in [0.4, 0.5) is 4.79 Å². The zero-order valence-electron chi connectivity index (χ0n) is 18.7. The van der Waals surface area contributed by atoms with Crippen LogP contribution in [-0.4, -0.2) is 30.1 Å². The fourth-order valence-corrected chi connectivity index (χ4v) is 5.86. The van der Waals surface area contributed by atoms with Crippen LogP contribution in [0.15, 0.2) is 36.0 Å². The molecule has 34 heavy (non-hydrogen) atoms. The van der Waals surface area contributed by atoms with Crippen molar-refractivity contribution in [1.29, 1.82) is 5.26 Å². The largest absolute Gasteiger partial charge is 0.508 e. The van der Waals surface area contributed by atoms with Gasteiger partial charge in [-0.1, -0.05) is 12.1 Å². The second-order valence-electron chi connectivity index (χ2n) is 7.97. The highest BCUT2D eigenvalue weighted by Crippen LogP contribution is 2.35. The van der Waals surface area contributed by atoms with Gasteiger partial charge in [0.25, 0.3) is 0 Å². The number of nitrogens with zero attached hydrogens (tertiary/aromatic N) is 2. The van der Waals surface area contributed by atoms with Crippen molar-refractivity contribution in [2.24, 2.45) is 0 Å². The van der Waals surface area contributed by atoms with E-state index in [-0.39, 0.29) is 24.9 Å². The number of ketones is 1. The van der Waals surface area contributed by atoms with Crippen LogP contribution in [0.3, 0.4) is 0 Å². The molecule has 9 heteroatoms. The molecule has 1 unspecified atom stereocenters.